The number of hydrogen-bond acceptors (Lipinski definition) is 8. The number of aliphatic hydroxyl groups excluding tert-OH is 3. The molecule has 0 spiro atoms. The van der Waals surface area contributed by atoms with Gasteiger partial charge in [-0.2, -0.15) is 0 Å². The number of halogens is 3. The SMILES string of the molecule is CS[C@H]1O[C@@H](c2cccc(Cc3ccc(OC4CCN(C(=O)C[C@H](N)Cc5cc(F)c(F)cc5F)CC4)cc3)c2)[C@H](O)[C@@H](O)[C@@H]1O. The number of amides is 1. The number of ether oxygens (including phenoxy) is 2. The summed E-state index contributed by atoms with van der Waals surface area (Å²) in [7, 11) is 0. The molecule has 3 aromatic rings. The first-order valence-corrected chi connectivity index (χ1v) is 16.5. The Morgan fingerprint density at radius 1 is 0.957 bits per heavy atom. The average molecular weight is 661 g/mol. The highest BCUT2D eigenvalue weighted by Gasteiger charge is 2.44. The van der Waals surface area contributed by atoms with Gasteiger partial charge in [0.05, 0.1) is 0 Å². The van der Waals surface area contributed by atoms with Gasteiger partial charge in [-0.3, -0.25) is 4.79 Å². The number of likely N-dealkylation sites (tertiary alicyclic amines) is 1. The Morgan fingerprint density at radius 2 is 1.65 bits per heavy atom. The molecule has 0 aromatic heterocycles. The molecule has 1 amide bonds. The molecule has 5 rings (SSSR count). The first-order valence-electron chi connectivity index (χ1n) is 15.3. The van der Waals surface area contributed by atoms with Crippen LogP contribution in [-0.4, -0.2) is 81.4 Å². The predicted octanol–water partition coefficient (Wildman–Crippen LogP) is 3.87. The lowest BCUT2D eigenvalue weighted by Gasteiger charge is -2.40. The zero-order chi connectivity index (χ0) is 33.0. The Hall–Kier alpha value is -3.13. The number of carbonyl (C=O) groups excluding carboxylic acids is 1. The third-order valence-corrected chi connectivity index (χ3v) is 9.37. The molecule has 12 heteroatoms. The van der Waals surface area contributed by atoms with Crippen LogP contribution in [0.2, 0.25) is 0 Å². The van der Waals surface area contributed by atoms with Crippen LogP contribution < -0.4 is 10.5 Å². The highest BCUT2D eigenvalue weighted by atomic mass is 32.2. The van der Waals surface area contributed by atoms with E-state index < -0.39 is 53.3 Å². The van der Waals surface area contributed by atoms with Crippen LogP contribution in [0, 0.1) is 17.5 Å². The van der Waals surface area contributed by atoms with Crippen molar-refractivity contribution in [2.75, 3.05) is 19.3 Å². The first-order chi connectivity index (χ1) is 22.0. The van der Waals surface area contributed by atoms with Gasteiger partial charge in [-0.05, 0) is 59.6 Å². The first kappa shape index (κ1) is 34.2. The summed E-state index contributed by atoms with van der Waals surface area (Å²) < 4.78 is 52.7. The number of nitrogens with two attached hydrogens (primary N) is 1. The minimum absolute atomic E-state index is 0.0357. The largest absolute Gasteiger partial charge is 0.490 e. The van der Waals surface area contributed by atoms with Crippen molar-refractivity contribution in [1.29, 1.82) is 0 Å². The van der Waals surface area contributed by atoms with E-state index >= 15 is 0 Å². The van der Waals surface area contributed by atoms with Crippen LogP contribution in [0.4, 0.5) is 13.2 Å². The maximum absolute atomic E-state index is 14.0. The molecule has 2 aliphatic heterocycles. The van der Waals surface area contributed by atoms with Crippen LogP contribution in [-0.2, 0) is 22.4 Å². The summed E-state index contributed by atoms with van der Waals surface area (Å²) in [4.78, 5) is 14.5. The van der Waals surface area contributed by atoms with E-state index in [1.54, 1.807) is 11.2 Å². The summed E-state index contributed by atoms with van der Waals surface area (Å²) in [5.74, 6) is -2.77. The van der Waals surface area contributed by atoms with Crippen LogP contribution in [0.25, 0.3) is 0 Å². The maximum atomic E-state index is 14.0. The van der Waals surface area contributed by atoms with Gasteiger partial charge in [0.1, 0.15) is 47.5 Å². The topological polar surface area (TPSA) is 125 Å². The van der Waals surface area contributed by atoms with Crippen LogP contribution in [0.5, 0.6) is 5.75 Å². The number of rotatable bonds is 10. The number of benzene rings is 3. The van der Waals surface area contributed by atoms with E-state index in [9.17, 15) is 33.3 Å². The Morgan fingerprint density at radius 3 is 2.35 bits per heavy atom. The Kier molecular flexibility index (Phi) is 11.3. The molecule has 2 saturated heterocycles. The molecule has 0 bridgehead atoms. The van der Waals surface area contributed by atoms with Crippen LogP contribution in [0.15, 0.2) is 60.7 Å². The van der Waals surface area contributed by atoms with Gasteiger partial charge in [0.2, 0.25) is 5.91 Å². The van der Waals surface area contributed by atoms with Gasteiger partial charge >= 0.3 is 0 Å². The van der Waals surface area contributed by atoms with Gasteiger partial charge < -0.3 is 35.4 Å². The molecule has 8 nitrogen and oxygen atoms in total. The number of piperidine rings is 1. The van der Waals surface area contributed by atoms with Crippen LogP contribution in [0.3, 0.4) is 0 Å². The van der Waals surface area contributed by atoms with E-state index in [1.807, 2.05) is 48.5 Å². The minimum atomic E-state index is -1.31. The fourth-order valence-electron chi connectivity index (χ4n) is 5.96. The molecular formula is C34H39F3N2O6S. The van der Waals surface area contributed by atoms with Gasteiger partial charge in [-0.25, -0.2) is 13.2 Å². The van der Waals surface area contributed by atoms with E-state index in [0.717, 1.165) is 22.8 Å². The molecule has 46 heavy (non-hydrogen) atoms. The lowest BCUT2D eigenvalue weighted by atomic mass is 9.92. The van der Waals surface area contributed by atoms with Gasteiger partial charge in [0.15, 0.2) is 11.6 Å². The van der Waals surface area contributed by atoms with Crippen molar-refractivity contribution in [3.63, 3.8) is 0 Å². The monoisotopic (exact) mass is 660 g/mol. The lowest BCUT2D eigenvalue weighted by molar-refractivity contribution is -0.200. The Balaban J connectivity index is 1.09. The van der Waals surface area contributed by atoms with E-state index in [0.29, 0.717) is 44.2 Å². The van der Waals surface area contributed by atoms with Crippen molar-refractivity contribution < 1.29 is 42.8 Å². The third-order valence-electron chi connectivity index (χ3n) is 8.52. The van der Waals surface area contributed by atoms with E-state index in [4.69, 9.17) is 15.2 Å². The number of hydrogen-bond donors (Lipinski definition) is 4. The second-order valence-electron chi connectivity index (χ2n) is 11.9. The normalized spacial score (nSPS) is 24.5. The molecule has 2 aliphatic rings. The van der Waals surface area contributed by atoms with Crippen molar-refractivity contribution >= 4 is 17.7 Å². The summed E-state index contributed by atoms with van der Waals surface area (Å²) in [6.45, 7) is 0.967. The molecule has 5 N–H and O–H groups in total. The van der Waals surface area contributed by atoms with Crippen molar-refractivity contribution in [1.82, 2.24) is 4.90 Å². The van der Waals surface area contributed by atoms with Crippen LogP contribution >= 0.6 is 11.8 Å². The third kappa shape index (κ3) is 8.23. The highest BCUT2D eigenvalue weighted by Crippen LogP contribution is 2.36. The van der Waals surface area contributed by atoms with E-state index in [1.165, 1.54) is 11.8 Å². The van der Waals surface area contributed by atoms with Gasteiger partial charge in [0, 0.05) is 44.5 Å². The number of aliphatic hydroxyl groups is 3. The second kappa shape index (κ2) is 15.2. The number of carbonyl (C=O) groups is 1. The molecule has 0 saturated carbocycles. The fourth-order valence-corrected chi connectivity index (χ4v) is 6.63. The van der Waals surface area contributed by atoms with Crippen molar-refractivity contribution in [3.05, 3.63) is 100 Å². The standard InChI is InChI=1S/C34H39F3N2O6S/c1-46-34-32(43)30(41)31(42)33(45-34)21-4-2-3-20(14-21)13-19-5-7-24(8-6-19)44-25-9-11-39(12-10-25)29(40)17-23(38)15-22-16-27(36)28(37)18-26(22)35/h2-8,14,16,18,23,25,30-34,41-43H,9-13,15,17,38H2,1H3/t23-,30-,31-,32+,33+,34-/m1/s1. The summed E-state index contributed by atoms with van der Waals surface area (Å²) in [6, 6.07) is 15.9. The smallest absolute Gasteiger partial charge is 0.224 e. The molecule has 2 heterocycles. The highest BCUT2D eigenvalue weighted by molar-refractivity contribution is 7.99. The zero-order valence-corrected chi connectivity index (χ0v) is 26.2. The lowest BCUT2D eigenvalue weighted by Crippen LogP contribution is -2.52. The minimum Gasteiger partial charge on any atom is -0.490 e. The number of nitrogens with zero attached hydrogens (tertiary/aromatic N) is 1. The van der Waals surface area contributed by atoms with Gasteiger partial charge in [0.25, 0.3) is 0 Å². The molecule has 0 unspecified atom stereocenters. The zero-order valence-electron chi connectivity index (χ0n) is 25.4. The Bertz CT molecular complexity index is 1490. The summed E-state index contributed by atoms with van der Waals surface area (Å²) >= 11 is 1.28. The second-order valence-corrected chi connectivity index (χ2v) is 12.9. The van der Waals surface area contributed by atoms with E-state index in [2.05, 4.69) is 0 Å². The molecular weight excluding hydrogens is 621 g/mol. The van der Waals surface area contributed by atoms with Crippen molar-refractivity contribution in [2.24, 2.45) is 5.73 Å². The molecule has 3 aromatic carbocycles. The molecule has 6 atom stereocenters. The van der Waals surface area contributed by atoms with Gasteiger partial charge in [-0.15, -0.1) is 11.8 Å². The average Bonchev–Trinajstić information content (AvgIpc) is 3.04. The summed E-state index contributed by atoms with van der Waals surface area (Å²) in [6.07, 6.45) is -1.02. The predicted molar refractivity (Wildman–Crippen MR) is 168 cm³/mol. The quantitative estimate of drug-likeness (QED) is 0.242. The summed E-state index contributed by atoms with van der Waals surface area (Å²) in [5, 5.41) is 31.0. The van der Waals surface area contributed by atoms with Gasteiger partial charge in [-0.1, -0.05) is 36.4 Å². The fraction of sp³-hybridized carbons (Fsp3) is 0.441. The van der Waals surface area contributed by atoms with Crippen molar-refractivity contribution in [2.45, 2.75) is 74.1 Å². The summed E-state index contributed by atoms with van der Waals surface area (Å²) in [5.41, 5.74) is 8.09. The molecule has 2 fully saturated rings. The Labute approximate surface area is 270 Å². The van der Waals surface area contributed by atoms with Crippen molar-refractivity contribution in [3.8, 4) is 5.75 Å². The molecule has 248 valence electrons. The molecule has 0 radical (unpaired) electrons. The van der Waals surface area contributed by atoms with E-state index in [-0.39, 0.29) is 30.4 Å². The van der Waals surface area contributed by atoms with Crippen LogP contribution in [0.1, 0.15) is 47.6 Å². The molecule has 0 aliphatic carbocycles. The maximum Gasteiger partial charge on any atom is 0.224 e. The number of thioether (sulfide) groups is 1.